The van der Waals surface area contributed by atoms with Crippen LogP contribution < -0.4 is 0 Å². The van der Waals surface area contributed by atoms with Crippen molar-refractivity contribution in [1.29, 1.82) is 0 Å². The van der Waals surface area contributed by atoms with Crippen LogP contribution in [0.15, 0.2) is 66.9 Å². The Morgan fingerprint density at radius 1 is 1.00 bits per heavy atom. The fourth-order valence-corrected chi connectivity index (χ4v) is 3.14. The molecule has 0 bridgehead atoms. The molecule has 0 aliphatic heterocycles. The topological polar surface area (TPSA) is 64.4 Å². The number of carbonyl (C=O) groups excluding carboxylic acids is 2. The quantitative estimate of drug-likeness (QED) is 0.572. The van der Waals surface area contributed by atoms with E-state index < -0.39 is 12.1 Å². The van der Waals surface area contributed by atoms with Gasteiger partial charge in [-0.2, -0.15) is 5.10 Å². The molecule has 0 unspecified atom stereocenters. The fraction of sp³-hybridized carbons (Fsp3) is 0.261. The van der Waals surface area contributed by atoms with E-state index in [1.807, 2.05) is 45.0 Å². The van der Waals surface area contributed by atoms with Crippen LogP contribution in [-0.2, 0) is 9.53 Å². The predicted molar refractivity (Wildman–Crippen MR) is 111 cm³/mol. The molecule has 0 spiro atoms. The van der Waals surface area contributed by atoms with Gasteiger partial charge in [-0.15, -0.1) is 0 Å². The molecule has 0 aliphatic carbocycles. The summed E-state index contributed by atoms with van der Waals surface area (Å²) in [6, 6.07) is 18.0. The molecule has 3 aromatic rings. The average Bonchev–Trinajstić information content (AvgIpc) is 3.19. The first kappa shape index (κ1) is 20.3. The van der Waals surface area contributed by atoms with Gasteiger partial charge in [0.25, 0.3) is 5.91 Å². The van der Waals surface area contributed by atoms with Crippen LogP contribution in [0.2, 0.25) is 0 Å². The number of rotatable bonds is 7. The highest BCUT2D eigenvalue weighted by molar-refractivity contribution is 5.93. The molecule has 1 atom stereocenters. The lowest BCUT2D eigenvalue weighted by molar-refractivity contribution is -0.140. The number of ether oxygens (including phenoxy) is 1. The maximum absolute atomic E-state index is 13.0. The Labute approximate surface area is 170 Å². The summed E-state index contributed by atoms with van der Waals surface area (Å²) in [4.78, 5) is 27.4. The minimum Gasteiger partial charge on any atom is -0.444 e. The van der Waals surface area contributed by atoms with Crippen LogP contribution in [0.5, 0.6) is 0 Å². The number of carbonyl (C=O) groups is 2. The van der Waals surface area contributed by atoms with E-state index in [0.717, 1.165) is 11.4 Å². The van der Waals surface area contributed by atoms with Gasteiger partial charge in [0, 0.05) is 30.5 Å². The zero-order valence-electron chi connectivity index (χ0n) is 16.9. The van der Waals surface area contributed by atoms with Gasteiger partial charge in [-0.25, -0.2) is 9.48 Å². The van der Waals surface area contributed by atoms with Crippen LogP contribution in [0, 0.1) is 6.92 Å². The first-order chi connectivity index (χ1) is 14.0. The summed E-state index contributed by atoms with van der Waals surface area (Å²) in [5.41, 5.74) is 2.88. The largest absolute Gasteiger partial charge is 0.444 e. The van der Waals surface area contributed by atoms with Gasteiger partial charge in [-0.05, 0) is 51.1 Å². The standard InChI is InChI=1S/C23H25N3O3/c1-4-25(5-2)22(27)21(18-9-7-6-8-10-18)29-23(28)19-11-13-20(14-12-19)26-17(3)15-16-24-26/h6-16,21H,4-5H2,1-3H3/t21-/m0/s1. The second-order valence-corrected chi connectivity index (χ2v) is 6.64. The zero-order chi connectivity index (χ0) is 20.8. The number of benzene rings is 2. The Morgan fingerprint density at radius 3 is 2.21 bits per heavy atom. The molecular weight excluding hydrogens is 366 g/mol. The zero-order valence-corrected chi connectivity index (χ0v) is 16.9. The summed E-state index contributed by atoms with van der Waals surface area (Å²) in [6.07, 6.45) is 0.748. The molecule has 0 saturated heterocycles. The summed E-state index contributed by atoms with van der Waals surface area (Å²) >= 11 is 0. The highest BCUT2D eigenvalue weighted by Gasteiger charge is 2.28. The third-order valence-corrected chi connectivity index (χ3v) is 4.81. The molecule has 6 nitrogen and oxygen atoms in total. The van der Waals surface area contributed by atoms with E-state index >= 15 is 0 Å². The summed E-state index contributed by atoms with van der Waals surface area (Å²) in [6.45, 7) is 6.86. The molecule has 0 saturated carbocycles. The molecule has 0 N–H and O–H groups in total. The van der Waals surface area contributed by atoms with E-state index in [4.69, 9.17) is 4.74 Å². The van der Waals surface area contributed by atoms with Crippen molar-refractivity contribution in [3.05, 3.63) is 83.7 Å². The molecule has 3 rings (SSSR count). The number of esters is 1. The summed E-state index contributed by atoms with van der Waals surface area (Å²) in [5.74, 6) is -0.763. The Kier molecular flexibility index (Phi) is 6.44. The highest BCUT2D eigenvalue weighted by atomic mass is 16.5. The monoisotopic (exact) mass is 391 g/mol. The van der Waals surface area contributed by atoms with Crippen molar-refractivity contribution in [3.8, 4) is 5.69 Å². The molecule has 6 heteroatoms. The molecule has 0 radical (unpaired) electrons. The van der Waals surface area contributed by atoms with Crippen molar-refractivity contribution in [2.45, 2.75) is 26.9 Å². The van der Waals surface area contributed by atoms with E-state index in [9.17, 15) is 9.59 Å². The number of nitrogens with zero attached hydrogens (tertiary/aromatic N) is 3. The van der Waals surface area contributed by atoms with Gasteiger partial charge in [-0.1, -0.05) is 30.3 Å². The Balaban J connectivity index is 1.83. The summed E-state index contributed by atoms with van der Waals surface area (Å²) in [7, 11) is 0. The second kappa shape index (κ2) is 9.19. The summed E-state index contributed by atoms with van der Waals surface area (Å²) < 4.78 is 7.45. The first-order valence-corrected chi connectivity index (χ1v) is 9.71. The van der Waals surface area contributed by atoms with Gasteiger partial charge in [0.15, 0.2) is 0 Å². The SMILES string of the molecule is CCN(CC)C(=O)[C@@H](OC(=O)c1ccc(-n2nccc2C)cc1)c1ccccc1. The van der Waals surface area contributed by atoms with Gasteiger partial charge >= 0.3 is 5.97 Å². The van der Waals surface area contributed by atoms with Crippen molar-refractivity contribution in [2.75, 3.05) is 13.1 Å². The molecule has 1 aromatic heterocycles. The minimum absolute atomic E-state index is 0.224. The van der Waals surface area contributed by atoms with Crippen molar-refractivity contribution >= 4 is 11.9 Å². The molecule has 29 heavy (non-hydrogen) atoms. The van der Waals surface area contributed by atoms with Gasteiger partial charge in [0.1, 0.15) is 0 Å². The number of likely N-dealkylation sites (N-methyl/N-ethyl adjacent to an activating group) is 1. The minimum atomic E-state index is -0.975. The second-order valence-electron chi connectivity index (χ2n) is 6.64. The predicted octanol–water partition coefficient (Wildman–Crippen LogP) is 3.95. The number of aromatic nitrogens is 2. The third kappa shape index (κ3) is 4.54. The van der Waals surface area contributed by atoms with Crippen LogP contribution in [0.3, 0.4) is 0 Å². The van der Waals surface area contributed by atoms with E-state index in [1.54, 1.807) is 52.2 Å². The van der Waals surface area contributed by atoms with E-state index in [0.29, 0.717) is 24.2 Å². The maximum atomic E-state index is 13.0. The fourth-order valence-electron chi connectivity index (χ4n) is 3.14. The normalized spacial score (nSPS) is 11.7. The molecule has 1 heterocycles. The lowest BCUT2D eigenvalue weighted by Gasteiger charge is -2.25. The first-order valence-electron chi connectivity index (χ1n) is 9.71. The van der Waals surface area contributed by atoms with Crippen molar-refractivity contribution in [3.63, 3.8) is 0 Å². The Hall–Kier alpha value is -3.41. The van der Waals surface area contributed by atoms with Crippen LogP contribution in [0.1, 0.15) is 41.6 Å². The van der Waals surface area contributed by atoms with Crippen LogP contribution in [0.25, 0.3) is 5.69 Å². The average molecular weight is 391 g/mol. The van der Waals surface area contributed by atoms with Gasteiger partial charge in [0.05, 0.1) is 11.3 Å². The number of amides is 1. The van der Waals surface area contributed by atoms with E-state index in [1.165, 1.54) is 0 Å². The Bertz CT molecular complexity index is 961. The molecule has 0 aliphatic rings. The Morgan fingerprint density at radius 2 is 1.66 bits per heavy atom. The van der Waals surface area contributed by atoms with Gasteiger partial charge in [-0.3, -0.25) is 4.79 Å². The maximum Gasteiger partial charge on any atom is 0.339 e. The van der Waals surface area contributed by atoms with Gasteiger partial charge < -0.3 is 9.64 Å². The van der Waals surface area contributed by atoms with E-state index in [2.05, 4.69) is 5.10 Å². The van der Waals surface area contributed by atoms with Crippen LogP contribution in [-0.4, -0.2) is 39.6 Å². The number of aryl methyl sites for hydroxylation is 1. The van der Waals surface area contributed by atoms with Gasteiger partial charge in [0.2, 0.25) is 6.10 Å². The number of hydrogen-bond acceptors (Lipinski definition) is 4. The summed E-state index contributed by atoms with van der Waals surface area (Å²) in [5, 5.41) is 4.26. The third-order valence-electron chi connectivity index (χ3n) is 4.81. The lowest BCUT2D eigenvalue weighted by atomic mass is 10.1. The van der Waals surface area contributed by atoms with Crippen LogP contribution >= 0.6 is 0 Å². The molecule has 0 fully saturated rings. The van der Waals surface area contributed by atoms with Crippen molar-refractivity contribution in [1.82, 2.24) is 14.7 Å². The number of hydrogen-bond donors (Lipinski definition) is 0. The molecule has 1 amide bonds. The van der Waals surface area contributed by atoms with Crippen molar-refractivity contribution in [2.24, 2.45) is 0 Å². The van der Waals surface area contributed by atoms with Crippen molar-refractivity contribution < 1.29 is 14.3 Å². The van der Waals surface area contributed by atoms with E-state index in [-0.39, 0.29) is 5.91 Å². The molecule has 2 aromatic carbocycles. The molecular formula is C23H25N3O3. The smallest absolute Gasteiger partial charge is 0.339 e. The molecule has 150 valence electrons. The van der Waals surface area contributed by atoms with Crippen LogP contribution in [0.4, 0.5) is 0 Å². The highest BCUT2D eigenvalue weighted by Crippen LogP contribution is 2.22. The lowest BCUT2D eigenvalue weighted by Crippen LogP contribution is -2.36.